The Morgan fingerprint density at radius 1 is 0.842 bits per heavy atom. The summed E-state index contributed by atoms with van der Waals surface area (Å²) < 4.78 is 0. The summed E-state index contributed by atoms with van der Waals surface area (Å²) in [5, 5.41) is 10.8. The second-order valence-corrected chi connectivity index (χ2v) is 5.19. The molecule has 0 spiro atoms. The number of nitrogens with one attached hydrogen (secondary N) is 2. The molecule has 106 valence electrons. The van der Waals surface area contributed by atoms with Gasteiger partial charge < -0.3 is 0 Å². The zero-order chi connectivity index (χ0) is 14.5. The van der Waals surface area contributed by atoms with Crippen molar-refractivity contribution in [2.75, 3.05) is 0 Å². The molecule has 0 unspecified atom stereocenters. The molecule has 19 heavy (non-hydrogen) atoms. The van der Waals surface area contributed by atoms with Gasteiger partial charge in [0.15, 0.2) is 0 Å². The molecule has 2 N–H and O–H groups in total. The first-order valence-electron chi connectivity index (χ1n) is 6.94. The summed E-state index contributed by atoms with van der Waals surface area (Å²) in [4.78, 5) is 16.7. The highest BCUT2D eigenvalue weighted by Crippen LogP contribution is 2.39. The molecule has 0 aromatic heterocycles. The predicted octanol–water partition coefficient (Wildman–Crippen LogP) is 4.12. The van der Waals surface area contributed by atoms with E-state index in [1.165, 1.54) is 63.4 Å². The smallest absolute Gasteiger partial charge is 0.222 e. The summed E-state index contributed by atoms with van der Waals surface area (Å²) in [7, 11) is 0. The molecule has 0 atom stereocenters. The molecule has 0 aromatic carbocycles. The van der Waals surface area contributed by atoms with Crippen LogP contribution in [0.5, 0.6) is 0 Å². The molecule has 0 amide bonds. The third-order valence-electron chi connectivity index (χ3n) is 4.05. The van der Waals surface area contributed by atoms with Gasteiger partial charge in [-0.2, -0.15) is 0 Å². The zero-order valence-electron chi connectivity index (χ0n) is 11.5. The van der Waals surface area contributed by atoms with Crippen LogP contribution in [0.15, 0.2) is 12.2 Å². The number of allylic oxidation sites excluding steroid dienone is 1. The lowest BCUT2D eigenvalue weighted by Gasteiger charge is -2.33. The van der Waals surface area contributed by atoms with Crippen molar-refractivity contribution in [2.24, 2.45) is 11.8 Å². The van der Waals surface area contributed by atoms with Gasteiger partial charge in [0.2, 0.25) is 12.2 Å². The number of isocyanates is 2. The van der Waals surface area contributed by atoms with Gasteiger partial charge >= 0.3 is 0 Å². The highest BCUT2D eigenvalue weighted by molar-refractivity contribution is 5.26. The van der Waals surface area contributed by atoms with Crippen LogP contribution in [0.1, 0.15) is 57.8 Å². The topological polar surface area (TPSA) is 81.8 Å². The minimum atomic E-state index is 0.750. The van der Waals surface area contributed by atoms with Crippen LogP contribution >= 0.6 is 0 Å². The van der Waals surface area contributed by atoms with Gasteiger partial charge in [-0.15, -0.1) is 0 Å². The maximum Gasteiger partial charge on any atom is 0.231 e. The Morgan fingerprint density at radius 2 is 1.21 bits per heavy atom. The van der Waals surface area contributed by atoms with Crippen LogP contribution in [-0.4, -0.2) is 12.2 Å². The Hall–Kier alpha value is -1.50. The van der Waals surface area contributed by atoms with E-state index in [1.807, 2.05) is 0 Å². The molecule has 0 bridgehead atoms. The van der Waals surface area contributed by atoms with Crippen molar-refractivity contribution in [3.63, 3.8) is 0 Å². The Balaban J connectivity index is 0.000000465. The largest absolute Gasteiger partial charge is 0.231 e. The van der Waals surface area contributed by atoms with Gasteiger partial charge in [0, 0.05) is 0 Å². The summed E-state index contributed by atoms with van der Waals surface area (Å²) in [6.07, 6.45) is 14.6. The summed E-state index contributed by atoms with van der Waals surface area (Å²) in [6.45, 7) is 4.09. The molecule has 0 heterocycles. The first-order valence-corrected chi connectivity index (χ1v) is 6.94. The van der Waals surface area contributed by atoms with E-state index in [1.54, 1.807) is 0 Å². The Morgan fingerprint density at radius 3 is 1.63 bits per heavy atom. The van der Waals surface area contributed by atoms with Crippen molar-refractivity contribution in [2.45, 2.75) is 57.8 Å². The van der Waals surface area contributed by atoms with Gasteiger partial charge in [-0.3, -0.25) is 0 Å². The average Bonchev–Trinajstić information content (AvgIpc) is 2.42. The molecular formula is C15H24N2O2. The predicted molar refractivity (Wildman–Crippen MR) is 74.5 cm³/mol. The van der Waals surface area contributed by atoms with E-state index >= 15 is 0 Å². The molecule has 4 heteroatoms. The third kappa shape index (κ3) is 8.25. The third-order valence-corrected chi connectivity index (χ3v) is 4.05. The highest BCUT2D eigenvalue weighted by Gasteiger charge is 2.25. The van der Waals surface area contributed by atoms with Gasteiger partial charge in [0.25, 0.3) is 0 Å². The van der Waals surface area contributed by atoms with Gasteiger partial charge in [0.05, 0.1) is 0 Å². The van der Waals surface area contributed by atoms with Crippen molar-refractivity contribution < 1.29 is 9.59 Å². The van der Waals surface area contributed by atoms with Crippen molar-refractivity contribution in [1.29, 1.82) is 10.8 Å². The Bertz CT molecular complexity index is 299. The Labute approximate surface area is 115 Å². The lowest BCUT2D eigenvalue weighted by molar-refractivity contribution is 0.212. The first-order chi connectivity index (χ1) is 9.19. The van der Waals surface area contributed by atoms with Gasteiger partial charge in [-0.1, -0.05) is 44.3 Å². The summed E-state index contributed by atoms with van der Waals surface area (Å²) in [6, 6.07) is 0. The van der Waals surface area contributed by atoms with Gasteiger partial charge in [0.1, 0.15) is 0 Å². The van der Waals surface area contributed by atoms with Crippen LogP contribution in [0.2, 0.25) is 0 Å². The fraction of sp³-hybridized carbons (Fsp3) is 0.733. The lowest BCUT2D eigenvalue weighted by atomic mass is 9.73. The monoisotopic (exact) mass is 264 g/mol. The van der Waals surface area contributed by atoms with Crippen LogP contribution in [-0.2, 0) is 9.59 Å². The van der Waals surface area contributed by atoms with E-state index in [4.69, 9.17) is 20.4 Å². The molecular weight excluding hydrogens is 240 g/mol. The van der Waals surface area contributed by atoms with E-state index in [9.17, 15) is 0 Å². The molecule has 4 nitrogen and oxygen atoms in total. The normalized spacial score (nSPS) is 19.9. The van der Waals surface area contributed by atoms with Crippen LogP contribution in [0.25, 0.3) is 0 Å². The Kier molecular flexibility index (Phi) is 10.7. The molecule has 2 aliphatic rings. The molecule has 2 saturated carbocycles. The number of hydrogen-bond acceptors (Lipinski definition) is 4. The second-order valence-electron chi connectivity index (χ2n) is 5.19. The van der Waals surface area contributed by atoms with Crippen molar-refractivity contribution >= 4 is 12.2 Å². The minimum absolute atomic E-state index is 0.750. The summed E-state index contributed by atoms with van der Waals surface area (Å²) in [5.41, 5.74) is 1.51. The number of rotatable bonds is 1. The van der Waals surface area contributed by atoms with E-state index in [0.717, 1.165) is 24.0 Å². The standard InChI is InChI=1S/C13H22.2CHNO/c1-11-7-9-13(10-8-11)12-5-3-2-4-6-12;2*2-1-3/h12-13H,1-10H2;2*2H. The van der Waals surface area contributed by atoms with Crippen molar-refractivity contribution in [3.8, 4) is 0 Å². The fourth-order valence-corrected chi connectivity index (χ4v) is 3.13. The van der Waals surface area contributed by atoms with E-state index in [0.29, 0.717) is 0 Å². The van der Waals surface area contributed by atoms with Gasteiger partial charge in [-0.25, -0.2) is 20.4 Å². The van der Waals surface area contributed by atoms with Crippen LogP contribution < -0.4 is 0 Å². The maximum atomic E-state index is 8.35. The fourth-order valence-electron chi connectivity index (χ4n) is 3.13. The minimum Gasteiger partial charge on any atom is -0.222 e. The second kappa shape index (κ2) is 11.6. The van der Waals surface area contributed by atoms with Gasteiger partial charge in [-0.05, 0) is 37.5 Å². The van der Waals surface area contributed by atoms with E-state index < -0.39 is 0 Å². The molecule has 2 aliphatic carbocycles. The van der Waals surface area contributed by atoms with E-state index in [-0.39, 0.29) is 0 Å². The van der Waals surface area contributed by atoms with Crippen molar-refractivity contribution in [1.82, 2.24) is 0 Å². The number of hydrogen-bond donors (Lipinski definition) is 2. The first kappa shape index (κ1) is 17.5. The zero-order valence-corrected chi connectivity index (χ0v) is 11.5. The quantitative estimate of drug-likeness (QED) is 0.424. The molecule has 0 aromatic rings. The maximum absolute atomic E-state index is 8.35. The average molecular weight is 264 g/mol. The number of carbonyl (C=O) groups excluding carboxylic acids is 2. The highest BCUT2D eigenvalue weighted by atomic mass is 16.1. The summed E-state index contributed by atoms with van der Waals surface area (Å²) in [5.74, 6) is 2.15. The lowest BCUT2D eigenvalue weighted by Crippen LogP contribution is -2.20. The van der Waals surface area contributed by atoms with Crippen LogP contribution in [0.4, 0.5) is 0 Å². The SMILES string of the molecule is C=C1CCC(C2CCCCC2)CC1.N=C=O.N=C=O. The van der Waals surface area contributed by atoms with Crippen molar-refractivity contribution in [3.05, 3.63) is 12.2 Å². The molecule has 2 fully saturated rings. The van der Waals surface area contributed by atoms with Crippen LogP contribution in [0, 0.1) is 22.7 Å². The van der Waals surface area contributed by atoms with Crippen LogP contribution in [0.3, 0.4) is 0 Å². The molecule has 0 radical (unpaired) electrons. The molecule has 2 rings (SSSR count). The molecule has 0 aliphatic heterocycles. The summed E-state index contributed by atoms with van der Waals surface area (Å²) >= 11 is 0. The molecule has 0 saturated heterocycles. The van der Waals surface area contributed by atoms with E-state index in [2.05, 4.69) is 6.58 Å².